The maximum absolute atomic E-state index is 16.3. The van der Waals surface area contributed by atoms with Crippen LogP contribution in [0.15, 0.2) is 35.1 Å². The number of halogens is 1. The monoisotopic (exact) mass is 849 g/mol. The van der Waals surface area contributed by atoms with Gasteiger partial charge in [-0.3, -0.25) is 14.4 Å². The van der Waals surface area contributed by atoms with Gasteiger partial charge in [-0.05, 0) is 114 Å². The van der Waals surface area contributed by atoms with Crippen LogP contribution in [0.5, 0.6) is 0 Å². The summed E-state index contributed by atoms with van der Waals surface area (Å²) in [6.45, 7) is 14.2. The van der Waals surface area contributed by atoms with Crippen LogP contribution in [-0.2, 0) is 42.9 Å². The maximum atomic E-state index is 16.3. The second-order valence-electron chi connectivity index (χ2n) is 18.3. The predicted molar refractivity (Wildman–Crippen MR) is 224 cm³/mol. The molecule has 4 N–H and O–H groups in total. The number of piperidine rings is 1. The molecule has 0 aromatic rings. The summed E-state index contributed by atoms with van der Waals surface area (Å²) < 4.78 is 46.3. The summed E-state index contributed by atoms with van der Waals surface area (Å²) in [5.41, 5.74) is 8.42. The van der Waals surface area contributed by atoms with Crippen molar-refractivity contribution in [2.45, 2.75) is 180 Å². The van der Waals surface area contributed by atoms with E-state index in [9.17, 15) is 29.4 Å². The van der Waals surface area contributed by atoms with Crippen molar-refractivity contribution in [3.63, 3.8) is 0 Å². The van der Waals surface area contributed by atoms with Crippen LogP contribution in [-0.4, -0.2) is 120 Å². The fraction of sp³-hybridized carbons (Fsp3) is 0.783. The summed E-state index contributed by atoms with van der Waals surface area (Å²) in [6, 6.07) is -1.33. The smallest absolute Gasteiger partial charge is 0.329 e. The largest absolute Gasteiger partial charge is 0.496 e. The molecule has 0 aromatic carbocycles. The van der Waals surface area contributed by atoms with Gasteiger partial charge in [0.05, 0.1) is 24.6 Å². The Labute approximate surface area is 356 Å². The van der Waals surface area contributed by atoms with Crippen molar-refractivity contribution in [3.8, 4) is 0 Å². The van der Waals surface area contributed by atoms with E-state index in [0.29, 0.717) is 43.3 Å². The average Bonchev–Trinajstić information content (AvgIpc) is 3.22. The molecule has 15 atom stereocenters. The average molecular weight is 849 g/mol. The number of esters is 1. The lowest BCUT2D eigenvalue weighted by molar-refractivity contribution is -0.302. The highest BCUT2D eigenvalue weighted by Gasteiger charge is 2.57. The lowest BCUT2D eigenvalue weighted by Crippen LogP contribution is -2.64. The molecule has 0 aromatic heterocycles. The number of alkyl halides is 1. The molecule has 2 bridgehead atoms. The first-order chi connectivity index (χ1) is 28.3. The number of amides is 1. The molecule has 4 aliphatic rings. The molecule has 1 aliphatic carbocycles. The Morgan fingerprint density at radius 3 is 2.30 bits per heavy atom. The van der Waals surface area contributed by atoms with Gasteiger partial charge < -0.3 is 44.5 Å². The molecule has 3 heterocycles. The fourth-order valence-corrected chi connectivity index (χ4v) is 9.46. The van der Waals surface area contributed by atoms with Gasteiger partial charge in [-0.15, -0.1) is 0 Å². The maximum Gasteiger partial charge on any atom is 0.329 e. The van der Waals surface area contributed by atoms with Crippen molar-refractivity contribution in [1.82, 2.24) is 4.90 Å². The highest BCUT2D eigenvalue weighted by Crippen LogP contribution is 2.39. The molecule has 15 unspecified atom stereocenters. The van der Waals surface area contributed by atoms with Crippen molar-refractivity contribution in [2.24, 2.45) is 35.3 Å². The Morgan fingerprint density at radius 2 is 1.67 bits per heavy atom. The number of allylic oxidation sites excluding steroid dienone is 4. The molecular formula is C46H73FN2O11. The lowest BCUT2D eigenvalue weighted by atomic mass is 9.81. The van der Waals surface area contributed by atoms with Crippen LogP contribution >= 0.6 is 0 Å². The van der Waals surface area contributed by atoms with E-state index in [1.54, 1.807) is 40.0 Å². The third-order valence-electron chi connectivity index (χ3n) is 13.4. The number of ether oxygens (including phenoxy) is 5. The number of nitrogens with zero attached hydrogens (tertiary/aromatic N) is 1. The SMILES string of the molecule is CCC1/C=C(\C)C(F)C(C)CC(OC)C2OC(O)(C(=O)C(=O)N3CCCCC3C(=O)OC(C(C)=CC3CCC(N)C(OC=C(C)C)C3)C(C)C(O)CC1=O)C(C)CC2OC. The van der Waals surface area contributed by atoms with Gasteiger partial charge in [-0.1, -0.05) is 39.8 Å². The minimum atomic E-state index is -2.60. The summed E-state index contributed by atoms with van der Waals surface area (Å²) in [6.07, 6.45) is 2.42. The van der Waals surface area contributed by atoms with Crippen molar-refractivity contribution < 1.29 is 57.5 Å². The summed E-state index contributed by atoms with van der Waals surface area (Å²) in [5.74, 6) is -8.99. The molecule has 13 nitrogen and oxygen atoms in total. The number of hydrogen-bond donors (Lipinski definition) is 3. The quantitative estimate of drug-likeness (QED) is 0.124. The number of fused-ring (bicyclic) bond motifs is 3. The highest BCUT2D eigenvalue weighted by atomic mass is 19.1. The second-order valence-corrected chi connectivity index (χ2v) is 18.3. The molecule has 60 heavy (non-hydrogen) atoms. The topological polar surface area (TPSA) is 184 Å². The number of cyclic esters (lactones) is 1. The molecule has 4 rings (SSSR count). The van der Waals surface area contributed by atoms with Crippen molar-refractivity contribution >= 4 is 23.4 Å². The van der Waals surface area contributed by atoms with Crippen molar-refractivity contribution in [3.05, 3.63) is 35.1 Å². The molecule has 0 radical (unpaired) electrons. The zero-order chi connectivity index (χ0) is 44.6. The Hall–Kier alpha value is -3.01. The van der Waals surface area contributed by atoms with E-state index in [1.165, 1.54) is 14.2 Å². The van der Waals surface area contributed by atoms with Gasteiger partial charge in [-0.2, -0.15) is 0 Å². The number of carbonyl (C=O) groups excluding carboxylic acids is 4. The van der Waals surface area contributed by atoms with Gasteiger partial charge in [-0.25, -0.2) is 9.18 Å². The number of hydrogen-bond acceptors (Lipinski definition) is 12. The van der Waals surface area contributed by atoms with E-state index in [-0.39, 0.29) is 56.1 Å². The summed E-state index contributed by atoms with van der Waals surface area (Å²) in [4.78, 5) is 57.9. The van der Waals surface area contributed by atoms with Gasteiger partial charge in [0.25, 0.3) is 11.7 Å². The number of carbonyl (C=O) groups is 4. The molecule has 0 spiro atoms. The fourth-order valence-electron chi connectivity index (χ4n) is 9.46. The van der Waals surface area contributed by atoms with Gasteiger partial charge in [0, 0.05) is 51.0 Å². The number of aliphatic hydroxyl groups is 2. The molecule has 3 aliphatic heterocycles. The Bertz CT molecular complexity index is 1600. The van der Waals surface area contributed by atoms with E-state index >= 15 is 4.39 Å². The van der Waals surface area contributed by atoms with Gasteiger partial charge in [0.2, 0.25) is 5.79 Å². The molecule has 2 saturated heterocycles. The first-order valence-corrected chi connectivity index (χ1v) is 22.0. The molecule has 340 valence electrons. The van der Waals surface area contributed by atoms with Crippen LogP contribution in [0.2, 0.25) is 0 Å². The number of rotatable bonds is 7. The first-order valence-electron chi connectivity index (χ1n) is 22.0. The van der Waals surface area contributed by atoms with E-state index in [2.05, 4.69) is 0 Å². The molecule has 1 amide bonds. The minimum Gasteiger partial charge on any atom is -0.496 e. The third-order valence-corrected chi connectivity index (χ3v) is 13.4. The summed E-state index contributed by atoms with van der Waals surface area (Å²) in [5, 5.41) is 23.8. The van der Waals surface area contributed by atoms with E-state index in [1.807, 2.05) is 33.8 Å². The van der Waals surface area contributed by atoms with Crippen LogP contribution in [0, 0.1) is 29.6 Å². The molecule has 14 heteroatoms. The minimum absolute atomic E-state index is 0.00615. The van der Waals surface area contributed by atoms with Crippen LogP contribution in [0.4, 0.5) is 4.39 Å². The molecule has 1 saturated carbocycles. The van der Waals surface area contributed by atoms with Crippen LogP contribution in [0.3, 0.4) is 0 Å². The van der Waals surface area contributed by atoms with Crippen LogP contribution < -0.4 is 5.73 Å². The summed E-state index contributed by atoms with van der Waals surface area (Å²) >= 11 is 0. The normalized spacial score (nSPS) is 40.7. The molecule has 3 fully saturated rings. The number of methoxy groups -OCH3 is 2. The highest BCUT2D eigenvalue weighted by molar-refractivity contribution is 6.39. The Morgan fingerprint density at radius 1 is 1.00 bits per heavy atom. The molecular weight excluding hydrogens is 776 g/mol. The second kappa shape index (κ2) is 21.9. The van der Waals surface area contributed by atoms with Crippen LogP contribution in [0.1, 0.15) is 120 Å². The van der Waals surface area contributed by atoms with E-state index < -0.39 is 89.9 Å². The van der Waals surface area contributed by atoms with Crippen molar-refractivity contribution in [1.29, 1.82) is 0 Å². The van der Waals surface area contributed by atoms with Gasteiger partial charge >= 0.3 is 5.97 Å². The number of ketones is 2. The van der Waals surface area contributed by atoms with E-state index in [0.717, 1.165) is 16.9 Å². The predicted octanol–water partition coefficient (Wildman–Crippen LogP) is 5.68. The number of nitrogens with two attached hydrogens (primary N) is 1. The van der Waals surface area contributed by atoms with Gasteiger partial charge in [0.1, 0.15) is 36.3 Å². The lowest BCUT2D eigenvalue weighted by Gasteiger charge is -2.47. The number of aliphatic hydroxyl groups excluding tert-OH is 1. The first kappa shape index (κ1) is 49.6. The van der Waals surface area contributed by atoms with E-state index in [4.69, 9.17) is 29.4 Å². The Kier molecular flexibility index (Phi) is 18.1. The van der Waals surface area contributed by atoms with Crippen molar-refractivity contribution in [2.75, 3.05) is 20.8 Å². The van der Waals surface area contributed by atoms with Gasteiger partial charge in [0.15, 0.2) is 0 Å². The van der Waals surface area contributed by atoms with Crippen LogP contribution in [0.25, 0.3) is 0 Å². The summed E-state index contributed by atoms with van der Waals surface area (Å²) in [7, 11) is 2.89. The zero-order valence-electron chi connectivity index (χ0n) is 37.6. The third kappa shape index (κ3) is 11.7. The standard InChI is InChI=1S/C46H73FN2O11/c1-11-32-19-26(4)40(47)27(5)20-38(56-9)42-39(57-10)21-29(7)46(55,60-42)43(52)44(53)49-17-13-12-14-34(49)45(54)59-41(30(8)35(50)23-36(32)51)28(6)18-31-15-16-33(48)37(22-31)58-24-25(2)3/h18-19,24,27,29-35,37-42,50,55H,11-17,20-23,48H2,1-10H3/b26-19+,28-18?. The zero-order valence-corrected chi connectivity index (χ0v) is 37.6. The Balaban J connectivity index is 1.78. The number of Topliss-reactive ketones (excluding diaryl/α,β-unsaturated/α-hetero) is 2.